The van der Waals surface area contributed by atoms with Crippen LogP contribution >= 0.6 is 0 Å². The van der Waals surface area contributed by atoms with E-state index in [1.54, 1.807) is 0 Å². The number of carbonyl (C=O) groups excluding carboxylic acids is 1. The summed E-state index contributed by atoms with van der Waals surface area (Å²) < 4.78 is 9.06. The lowest BCUT2D eigenvalue weighted by Crippen LogP contribution is -2.07. The van der Waals surface area contributed by atoms with Gasteiger partial charge in [-0.2, -0.15) is 0 Å². The van der Waals surface area contributed by atoms with Crippen LogP contribution < -0.4 is 0 Å². The zero-order chi connectivity index (χ0) is 11.4. The third-order valence-corrected chi connectivity index (χ3v) is 1.61. The molecule has 0 aliphatic heterocycles. The molecule has 0 amide bonds. The van der Waals surface area contributed by atoms with Crippen molar-refractivity contribution < 1.29 is 29.6 Å². The second-order valence-corrected chi connectivity index (χ2v) is 2.70. The summed E-state index contributed by atoms with van der Waals surface area (Å²) in [6.07, 6.45) is 0. The molecule has 0 saturated carbocycles. The summed E-state index contributed by atoms with van der Waals surface area (Å²) in [5.74, 6) is -2.65. The second-order valence-electron chi connectivity index (χ2n) is 2.70. The van der Waals surface area contributed by atoms with Crippen molar-refractivity contribution in [3.05, 3.63) is 17.7 Å². The van der Waals surface area contributed by atoms with Gasteiger partial charge in [-0.1, -0.05) is 0 Å². The number of rotatable bonds is 3. The summed E-state index contributed by atoms with van der Waals surface area (Å²) >= 11 is 0. The molecule has 0 fully saturated rings. The van der Waals surface area contributed by atoms with Gasteiger partial charge in [0.1, 0.15) is 0 Å². The fourth-order valence-corrected chi connectivity index (χ4v) is 0.918. The monoisotopic (exact) mass is 214 g/mol. The van der Waals surface area contributed by atoms with E-state index in [9.17, 15) is 4.79 Å². The summed E-state index contributed by atoms with van der Waals surface area (Å²) in [6.45, 7) is -0.235. The molecule has 0 unspecified atom stereocenters. The first-order valence-electron chi connectivity index (χ1n) is 3.97. The zero-order valence-electron chi connectivity index (χ0n) is 7.93. The molecule has 15 heavy (non-hydrogen) atoms. The average molecular weight is 214 g/mol. The summed E-state index contributed by atoms with van der Waals surface area (Å²) in [6, 6.07) is 1.96. The van der Waals surface area contributed by atoms with E-state index in [4.69, 9.17) is 15.3 Å². The molecule has 82 valence electrons. The van der Waals surface area contributed by atoms with Crippen molar-refractivity contribution >= 4 is 5.97 Å². The molecule has 0 atom stereocenters. The van der Waals surface area contributed by atoms with E-state index in [0.717, 1.165) is 12.1 Å². The number of carbonyl (C=O) groups is 1. The van der Waals surface area contributed by atoms with Crippen LogP contribution in [0.25, 0.3) is 0 Å². The molecule has 0 aliphatic rings. The smallest absolute Gasteiger partial charge is 0.340 e. The number of esters is 1. The molecule has 0 spiro atoms. The topological polar surface area (TPSA) is 96.2 Å². The zero-order valence-corrected chi connectivity index (χ0v) is 7.93. The fraction of sp³-hybridized carbons (Fsp3) is 0.222. The van der Waals surface area contributed by atoms with Gasteiger partial charge >= 0.3 is 5.97 Å². The number of benzene rings is 1. The molecule has 1 aromatic rings. The molecular weight excluding hydrogens is 204 g/mol. The Balaban J connectivity index is 2.91. The van der Waals surface area contributed by atoms with E-state index >= 15 is 0 Å². The van der Waals surface area contributed by atoms with E-state index in [-0.39, 0.29) is 12.4 Å². The number of hydrogen-bond acceptors (Lipinski definition) is 6. The Morgan fingerprint density at radius 3 is 2.27 bits per heavy atom. The van der Waals surface area contributed by atoms with Gasteiger partial charge in [0.25, 0.3) is 0 Å². The molecule has 6 nitrogen and oxygen atoms in total. The van der Waals surface area contributed by atoms with E-state index < -0.39 is 23.2 Å². The van der Waals surface area contributed by atoms with Crippen molar-refractivity contribution in [2.45, 2.75) is 0 Å². The van der Waals surface area contributed by atoms with Gasteiger partial charge in [0, 0.05) is 7.11 Å². The lowest BCUT2D eigenvalue weighted by molar-refractivity contribution is -0.0125. The van der Waals surface area contributed by atoms with Crippen LogP contribution in [0.2, 0.25) is 0 Å². The lowest BCUT2D eigenvalue weighted by Gasteiger charge is -2.05. The molecule has 6 heteroatoms. The second kappa shape index (κ2) is 4.52. The molecule has 1 rings (SSSR count). The highest BCUT2D eigenvalue weighted by molar-refractivity contribution is 5.91. The van der Waals surface area contributed by atoms with Gasteiger partial charge in [-0.25, -0.2) is 4.79 Å². The fourth-order valence-electron chi connectivity index (χ4n) is 0.918. The summed E-state index contributed by atoms with van der Waals surface area (Å²) in [5.41, 5.74) is -0.0835. The molecule has 0 radical (unpaired) electrons. The first-order chi connectivity index (χ1) is 7.06. The molecule has 0 saturated heterocycles. The molecule has 1 aromatic carbocycles. The Labute approximate surface area is 85.3 Å². The van der Waals surface area contributed by atoms with E-state index in [1.165, 1.54) is 7.11 Å². The predicted molar refractivity (Wildman–Crippen MR) is 48.7 cm³/mol. The van der Waals surface area contributed by atoms with Crippen LogP contribution in [0.4, 0.5) is 0 Å². The Morgan fingerprint density at radius 1 is 1.27 bits per heavy atom. The molecule has 0 aliphatic carbocycles. The third kappa shape index (κ3) is 2.50. The first kappa shape index (κ1) is 11.1. The molecule has 0 bridgehead atoms. The molecule has 0 aromatic heterocycles. The van der Waals surface area contributed by atoms with Crippen molar-refractivity contribution in [2.75, 3.05) is 13.9 Å². The molecule has 0 heterocycles. The average Bonchev–Trinajstić information content (AvgIpc) is 2.21. The highest BCUT2D eigenvalue weighted by Gasteiger charge is 2.14. The van der Waals surface area contributed by atoms with Crippen LogP contribution in [0.3, 0.4) is 0 Å². The van der Waals surface area contributed by atoms with Crippen molar-refractivity contribution in [3.63, 3.8) is 0 Å². The van der Waals surface area contributed by atoms with Crippen LogP contribution in [-0.2, 0) is 9.47 Å². The highest BCUT2D eigenvalue weighted by atomic mass is 16.7. The first-order valence-corrected chi connectivity index (χ1v) is 3.97. The van der Waals surface area contributed by atoms with E-state index in [0.29, 0.717) is 0 Å². The van der Waals surface area contributed by atoms with Crippen LogP contribution in [0, 0.1) is 0 Å². The van der Waals surface area contributed by atoms with Crippen molar-refractivity contribution in [1.29, 1.82) is 0 Å². The van der Waals surface area contributed by atoms with Gasteiger partial charge in [0.15, 0.2) is 24.0 Å². The van der Waals surface area contributed by atoms with E-state index in [2.05, 4.69) is 9.47 Å². The Bertz CT molecular complexity index is 350. The maximum Gasteiger partial charge on any atom is 0.340 e. The van der Waals surface area contributed by atoms with Gasteiger partial charge in [0.05, 0.1) is 5.56 Å². The lowest BCUT2D eigenvalue weighted by atomic mass is 10.2. The maximum atomic E-state index is 11.2. The number of aromatic hydroxyl groups is 3. The Morgan fingerprint density at radius 2 is 1.80 bits per heavy atom. The number of ether oxygens (including phenoxy) is 2. The van der Waals surface area contributed by atoms with Gasteiger partial charge < -0.3 is 24.8 Å². The minimum atomic E-state index is -0.776. The predicted octanol–water partition coefficient (Wildman–Crippen LogP) is 0.564. The Hall–Kier alpha value is -1.95. The van der Waals surface area contributed by atoms with Crippen LogP contribution in [0.15, 0.2) is 12.1 Å². The van der Waals surface area contributed by atoms with Gasteiger partial charge in [0.2, 0.25) is 0 Å². The molecular formula is C9H10O6. The number of phenols is 3. The van der Waals surface area contributed by atoms with Crippen LogP contribution in [0.5, 0.6) is 17.2 Å². The quantitative estimate of drug-likeness (QED) is 0.386. The highest BCUT2D eigenvalue weighted by Crippen LogP contribution is 2.35. The SMILES string of the molecule is COCOC(=O)c1cc(O)c(O)c(O)c1. The number of methoxy groups -OCH3 is 1. The van der Waals surface area contributed by atoms with Crippen molar-refractivity contribution in [2.24, 2.45) is 0 Å². The minimum absolute atomic E-state index is 0.0835. The third-order valence-electron chi connectivity index (χ3n) is 1.61. The number of hydrogen-bond donors (Lipinski definition) is 3. The Kier molecular flexibility index (Phi) is 3.35. The maximum absolute atomic E-state index is 11.2. The van der Waals surface area contributed by atoms with Crippen LogP contribution in [0.1, 0.15) is 10.4 Å². The van der Waals surface area contributed by atoms with Gasteiger partial charge in [-0.15, -0.1) is 0 Å². The normalized spacial score (nSPS) is 9.93. The standard InChI is InChI=1S/C9H10O6/c1-14-4-15-9(13)5-2-6(10)8(12)7(11)3-5/h2-3,10-12H,4H2,1H3. The summed E-state index contributed by atoms with van der Waals surface area (Å²) in [7, 11) is 1.35. The molecule has 3 N–H and O–H groups in total. The minimum Gasteiger partial charge on any atom is -0.504 e. The van der Waals surface area contributed by atoms with Gasteiger partial charge in [-0.3, -0.25) is 0 Å². The summed E-state index contributed by atoms with van der Waals surface area (Å²) in [4.78, 5) is 11.2. The number of phenolic OH excluding ortho intramolecular Hbond substituents is 3. The largest absolute Gasteiger partial charge is 0.504 e. The van der Waals surface area contributed by atoms with Crippen molar-refractivity contribution in [1.82, 2.24) is 0 Å². The van der Waals surface area contributed by atoms with Crippen LogP contribution in [-0.4, -0.2) is 35.2 Å². The van der Waals surface area contributed by atoms with Crippen molar-refractivity contribution in [3.8, 4) is 17.2 Å². The van der Waals surface area contributed by atoms with E-state index in [1.807, 2.05) is 0 Å². The van der Waals surface area contributed by atoms with Gasteiger partial charge in [-0.05, 0) is 12.1 Å². The summed E-state index contributed by atoms with van der Waals surface area (Å²) in [5, 5.41) is 27.2.